The average Bonchev–Trinajstić information content (AvgIpc) is 3.31. The van der Waals surface area contributed by atoms with E-state index in [-0.39, 0.29) is 23.4 Å². The monoisotopic (exact) mass is 518 g/mol. The van der Waals surface area contributed by atoms with Crippen LogP contribution in [-0.4, -0.2) is 59.2 Å². The topological polar surface area (TPSA) is 69.3 Å². The van der Waals surface area contributed by atoms with Gasteiger partial charge in [-0.15, -0.1) is 0 Å². The van der Waals surface area contributed by atoms with Crippen LogP contribution < -0.4 is 15.0 Å². The van der Waals surface area contributed by atoms with Crippen molar-refractivity contribution >= 4 is 28.4 Å². The first-order chi connectivity index (χ1) is 18.4. The summed E-state index contributed by atoms with van der Waals surface area (Å²) < 4.78 is 35.5. The third-order valence-electron chi connectivity index (χ3n) is 7.63. The van der Waals surface area contributed by atoms with Gasteiger partial charge in [0.25, 0.3) is 0 Å². The number of nitrogens with one attached hydrogen (secondary N) is 2. The minimum Gasteiger partial charge on any atom is -0.486 e. The Kier molecular flexibility index (Phi) is 6.39. The lowest BCUT2D eigenvalue weighted by molar-refractivity contribution is 0.255. The summed E-state index contributed by atoms with van der Waals surface area (Å²) in [5.41, 5.74) is 3.31. The van der Waals surface area contributed by atoms with Crippen LogP contribution in [0.3, 0.4) is 0 Å². The Morgan fingerprint density at radius 3 is 2.66 bits per heavy atom. The first kappa shape index (κ1) is 24.6. The minimum absolute atomic E-state index is 0.0270. The second-order valence-corrected chi connectivity index (χ2v) is 10.6. The molecule has 0 bridgehead atoms. The Morgan fingerprint density at radius 2 is 1.87 bits per heavy atom. The molecule has 4 aromatic rings. The molecule has 4 heterocycles. The Bertz CT molecular complexity index is 1480. The molecule has 0 aliphatic carbocycles. The van der Waals surface area contributed by atoms with Crippen LogP contribution in [0.25, 0.3) is 22.2 Å². The first-order valence-electron chi connectivity index (χ1n) is 13.2. The molecule has 6 rings (SSSR count). The number of rotatable bonds is 5. The summed E-state index contributed by atoms with van der Waals surface area (Å²) in [6.45, 7) is 7.33. The van der Waals surface area contributed by atoms with Gasteiger partial charge in [0, 0.05) is 22.5 Å². The van der Waals surface area contributed by atoms with E-state index in [1.807, 2.05) is 24.8 Å². The lowest BCUT2D eigenvalue weighted by atomic mass is 9.89. The van der Waals surface area contributed by atoms with Gasteiger partial charge < -0.3 is 24.8 Å². The highest BCUT2D eigenvalue weighted by molar-refractivity contribution is 5.85. The van der Waals surface area contributed by atoms with E-state index in [0.29, 0.717) is 36.1 Å². The number of ether oxygens (including phenoxy) is 1. The zero-order valence-electron chi connectivity index (χ0n) is 21.9. The van der Waals surface area contributed by atoms with Gasteiger partial charge in [-0.1, -0.05) is 6.07 Å². The summed E-state index contributed by atoms with van der Waals surface area (Å²) in [5.74, 6) is 0.527. The SMILES string of the molecule is CC(C)N1CCOc2c(F)cc(-c3nc(Nc4cc5cc(C6CCN(C)CC6)ccc5[nH]4)ncc3F)cc21. The van der Waals surface area contributed by atoms with E-state index >= 15 is 0 Å². The number of hydrogen-bond donors (Lipinski definition) is 2. The highest BCUT2D eigenvalue weighted by Gasteiger charge is 2.26. The molecular formula is C29H32F2N6O. The normalized spacial score (nSPS) is 16.6. The van der Waals surface area contributed by atoms with Crippen LogP contribution >= 0.6 is 0 Å². The fourth-order valence-corrected chi connectivity index (χ4v) is 5.54. The zero-order chi connectivity index (χ0) is 26.4. The van der Waals surface area contributed by atoms with E-state index in [0.717, 1.165) is 43.0 Å². The van der Waals surface area contributed by atoms with E-state index in [4.69, 9.17) is 4.74 Å². The molecule has 9 heteroatoms. The highest BCUT2D eigenvalue weighted by atomic mass is 19.1. The van der Waals surface area contributed by atoms with Gasteiger partial charge in [-0.2, -0.15) is 0 Å². The van der Waals surface area contributed by atoms with Crippen molar-refractivity contribution in [3.8, 4) is 17.0 Å². The molecule has 0 spiro atoms. The minimum atomic E-state index is -0.623. The van der Waals surface area contributed by atoms with Crippen molar-refractivity contribution in [1.82, 2.24) is 19.9 Å². The van der Waals surface area contributed by atoms with Crippen molar-refractivity contribution in [2.45, 2.75) is 38.6 Å². The fourth-order valence-electron chi connectivity index (χ4n) is 5.54. The van der Waals surface area contributed by atoms with Gasteiger partial charge in [-0.05, 0) is 88.6 Å². The largest absolute Gasteiger partial charge is 0.486 e. The molecule has 198 valence electrons. The van der Waals surface area contributed by atoms with Gasteiger partial charge in [0.15, 0.2) is 17.4 Å². The van der Waals surface area contributed by atoms with Crippen LogP contribution in [0.4, 0.5) is 26.2 Å². The zero-order valence-corrected chi connectivity index (χ0v) is 21.9. The number of aromatic amines is 1. The van der Waals surface area contributed by atoms with Crippen molar-refractivity contribution in [1.29, 1.82) is 0 Å². The van der Waals surface area contributed by atoms with Crippen LogP contribution in [0.15, 0.2) is 42.6 Å². The number of likely N-dealkylation sites (tertiary alicyclic amines) is 1. The number of benzene rings is 2. The van der Waals surface area contributed by atoms with Crippen LogP contribution in [0.2, 0.25) is 0 Å². The molecule has 7 nitrogen and oxygen atoms in total. The molecule has 2 aromatic heterocycles. The Hall–Kier alpha value is -3.72. The molecule has 38 heavy (non-hydrogen) atoms. The Labute approximate surface area is 220 Å². The van der Waals surface area contributed by atoms with Crippen molar-refractivity contribution in [2.24, 2.45) is 0 Å². The van der Waals surface area contributed by atoms with Gasteiger partial charge in [-0.3, -0.25) is 0 Å². The van der Waals surface area contributed by atoms with Gasteiger partial charge in [0.2, 0.25) is 5.95 Å². The molecule has 2 aromatic carbocycles. The number of fused-ring (bicyclic) bond motifs is 2. The molecule has 0 amide bonds. The summed E-state index contributed by atoms with van der Waals surface area (Å²) >= 11 is 0. The lowest BCUT2D eigenvalue weighted by Gasteiger charge is -2.34. The first-order valence-corrected chi connectivity index (χ1v) is 13.2. The molecule has 2 aliphatic rings. The number of halogens is 2. The van der Waals surface area contributed by atoms with Crippen molar-refractivity contribution in [3.63, 3.8) is 0 Å². The maximum atomic E-state index is 15.0. The number of piperidine rings is 1. The summed E-state index contributed by atoms with van der Waals surface area (Å²) in [6, 6.07) is 11.7. The van der Waals surface area contributed by atoms with Gasteiger partial charge in [0.05, 0.1) is 18.4 Å². The van der Waals surface area contributed by atoms with Gasteiger partial charge in [0.1, 0.15) is 18.1 Å². The molecule has 2 aliphatic heterocycles. The maximum Gasteiger partial charge on any atom is 0.229 e. The van der Waals surface area contributed by atoms with Crippen molar-refractivity contribution < 1.29 is 13.5 Å². The number of aromatic nitrogens is 3. The summed E-state index contributed by atoms with van der Waals surface area (Å²) in [6.07, 6.45) is 3.43. The molecule has 0 unspecified atom stereocenters. The van der Waals surface area contributed by atoms with Crippen molar-refractivity contribution in [2.75, 3.05) is 43.5 Å². The quantitative estimate of drug-likeness (QED) is 0.335. The van der Waals surface area contributed by atoms with Crippen LogP contribution in [0.1, 0.15) is 38.2 Å². The number of hydrogen-bond acceptors (Lipinski definition) is 6. The predicted molar refractivity (Wildman–Crippen MR) is 146 cm³/mol. The van der Waals surface area contributed by atoms with E-state index in [2.05, 4.69) is 50.4 Å². The molecule has 1 saturated heterocycles. The summed E-state index contributed by atoms with van der Waals surface area (Å²) in [7, 11) is 2.17. The molecule has 1 fully saturated rings. The second kappa shape index (κ2) is 9.87. The molecule has 0 atom stereocenters. The number of nitrogens with zero attached hydrogens (tertiary/aromatic N) is 4. The second-order valence-electron chi connectivity index (χ2n) is 10.6. The van der Waals surface area contributed by atoms with E-state index in [1.54, 1.807) is 6.07 Å². The predicted octanol–water partition coefficient (Wildman–Crippen LogP) is 6.06. The number of H-pyrrole nitrogens is 1. The average molecular weight is 519 g/mol. The molecule has 2 N–H and O–H groups in total. The standard InChI is InChI=1S/C29H32F2N6O/c1-17(2)37-10-11-38-28-22(30)13-21(14-25(28)37)27-23(31)16-32-29(35-27)34-26-15-20-12-19(4-5-24(20)33-26)18-6-8-36(3)9-7-18/h4-5,12-18,33H,6-11H2,1-3H3,(H,32,34,35). The summed E-state index contributed by atoms with van der Waals surface area (Å²) in [4.78, 5) is 16.3. The van der Waals surface area contributed by atoms with Crippen molar-refractivity contribution in [3.05, 3.63) is 59.8 Å². The molecule has 0 saturated carbocycles. The lowest BCUT2D eigenvalue weighted by Crippen LogP contribution is -2.38. The van der Waals surface area contributed by atoms with Crippen LogP contribution in [0.5, 0.6) is 5.75 Å². The van der Waals surface area contributed by atoms with E-state index in [1.165, 1.54) is 11.6 Å². The third-order valence-corrected chi connectivity index (χ3v) is 7.63. The molecule has 0 radical (unpaired) electrons. The Balaban J connectivity index is 1.28. The van der Waals surface area contributed by atoms with E-state index < -0.39 is 11.6 Å². The highest BCUT2D eigenvalue weighted by Crippen LogP contribution is 2.39. The Morgan fingerprint density at radius 1 is 1.05 bits per heavy atom. The van der Waals surface area contributed by atoms with Crippen LogP contribution in [0, 0.1) is 11.6 Å². The smallest absolute Gasteiger partial charge is 0.229 e. The van der Waals surface area contributed by atoms with Crippen LogP contribution in [-0.2, 0) is 0 Å². The fraction of sp³-hybridized carbons (Fsp3) is 0.379. The number of anilines is 3. The van der Waals surface area contributed by atoms with Gasteiger partial charge in [-0.25, -0.2) is 18.7 Å². The third kappa shape index (κ3) is 4.67. The maximum absolute atomic E-state index is 15.0. The van der Waals surface area contributed by atoms with Gasteiger partial charge >= 0.3 is 0 Å². The molecular weight excluding hydrogens is 486 g/mol. The summed E-state index contributed by atoms with van der Waals surface area (Å²) in [5, 5.41) is 4.25. The van der Waals surface area contributed by atoms with E-state index in [9.17, 15) is 8.78 Å².